The summed E-state index contributed by atoms with van der Waals surface area (Å²) >= 11 is 0. The Morgan fingerprint density at radius 3 is 1.32 bits per heavy atom. The summed E-state index contributed by atoms with van der Waals surface area (Å²) in [6.07, 6.45) is 1.01. The average Bonchev–Trinajstić information content (AvgIpc) is 3.04. The van der Waals surface area contributed by atoms with Crippen LogP contribution < -0.4 is 39.9 Å². The van der Waals surface area contributed by atoms with E-state index in [0.717, 1.165) is 6.16 Å². The van der Waals surface area contributed by atoms with Crippen LogP contribution in [0, 0.1) is 0 Å². The van der Waals surface area contributed by atoms with Crippen LogP contribution in [-0.4, -0.2) is 0 Å². The lowest BCUT2D eigenvalue weighted by molar-refractivity contribution is -0.00000573. The van der Waals surface area contributed by atoms with Crippen LogP contribution in [0.2, 0.25) is 0 Å². The molecule has 0 saturated heterocycles. The van der Waals surface area contributed by atoms with Crippen LogP contribution in [0.3, 0.4) is 0 Å². The first-order chi connectivity index (χ1) is 14.9. The van der Waals surface area contributed by atoms with Crippen molar-refractivity contribution in [2.24, 2.45) is 0 Å². The predicted molar refractivity (Wildman–Crippen MR) is 132 cm³/mol. The number of fused-ring (bicyclic) bond motifs is 1. The van der Waals surface area contributed by atoms with Crippen molar-refractivity contribution in [3.8, 4) is 11.1 Å². The summed E-state index contributed by atoms with van der Waals surface area (Å²) in [5, 5.41) is 4.28. The number of hydrogen-bond donors (Lipinski definition) is 0. The van der Waals surface area contributed by atoms with E-state index in [1.54, 1.807) is 0 Å². The molecule has 2 aliphatic carbocycles. The first kappa shape index (κ1) is 21.7. The fourth-order valence-corrected chi connectivity index (χ4v) is 8.71. The average molecular weight is 530 g/mol. The second-order valence-corrected chi connectivity index (χ2v) is 11.1. The molecule has 0 aromatic heterocycles. The molecular weight excluding hydrogens is 506 g/mol. The van der Waals surface area contributed by atoms with E-state index in [2.05, 4.69) is 133 Å². The minimum absolute atomic E-state index is 0. The van der Waals surface area contributed by atoms with Crippen molar-refractivity contribution < 1.29 is 24.0 Å². The summed E-state index contributed by atoms with van der Waals surface area (Å²) in [5.41, 5.74) is 4.08. The molecule has 3 aromatic carbocycles. The fraction of sp³-hybridized carbons (Fsp3) is 0.0345. The van der Waals surface area contributed by atoms with E-state index in [4.69, 9.17) is 0 Å². The summed E-state index contributed by atoms with van der Waals surface area (Å²) in [5.74, 6) is 0. The molecule has 0 aliphatic heterocycles. The molecule has 31 heavy (non-hydrogen) atoms. The van der Waals surface area contributed by atoms with E-state index in [9.17, 15) is 0 Å². The Morgan fingerprint density at radius 1 is 0.419 bits per heavy atom. The van der Waals surface area contributed by atoms with Gasteiger partial charge in [-0.05, 0) is 53.1 Å². The van der Waals surface area contributed by atoms with E-state index >= 15 is 0 Å². The molecule has 0 N–H and O–H groups in total. The largest absolute Gasteiger partial charge is 1.00 e. The second kappa shape index (κ2) is 9.77. The summed E-state index contributed by atoms with van der Waals surface area (Å²) in [4.78, 5) is 0. The zero-order valence-electron chi connectivity index (χ0n) is 17.2. The van der Waals surface area contributed by atoms with Gasteiger partial charge in [0.25, 0.3) is 0 Å². The Morgan fingerprint density at radius 2 is 0.839 bits per heavy atom. The predicted octanol–water partition coefficient (Wildman–Crippen LogP) is 3.29. The van der Waals surface area contributed by atoms with E-state index in [0.29, 0.717) is 0 Å². The number of hydrogen-bond acceptors (Lipinski definition) is 0. The van der Waals surface area contributed by atoms with E-state index < -0.39 is 7.26 Å². The van der Waals surface area contributed by atoms with Gasteiger partial charge in [0.2, 0.25) is 0 Å². The molecule has 5 rings (SSSR count). The van der Waals surface area contributed by atoms with Crippen molar-refractivity contribution in [3.05, 3.63) is 139 Å². The number of benzene rings is 3. The molecule has 0 heterocycles. The molecular formula is C29H24IP. The van der Waals surface area contributed by atoms with Crippen LogP contribution >= 0.6 is 7.26 Å². The summed E-state index contributed by atoms with van der Waals surface area (Å²) < 4.78 is 0. The molecule has 0 fully saturated rings. The Labute approximate surface area is 202 Å². The molecule has 0 nitrogen and oxygen atoms in total. The van der Waals surface area contributed by atoms with Gasteiger partial charge in [0.15, 0.2) is 0 Å². The maximum absolute atomic E-state index is 2.33. The van der Waals surface area contributed by atoms with Crippen molar-refractivity contribution in [3.63, 3.8) is 0 Å². The standard InChI is InChI=1S/C29H24P.HI/c1-5-13-24-21-22-25(29(24)20-12-1)23-30(26-14-6-2-7-15-26,27-16-8-3-9-17-27)28-18-10-4-11-19-28;/h1-22H,23H2;1H/q+1;/p-1. The van der Waals surface area contributed by atoms with E-state index in [1.807, 2.05) is 0 Å². The molecule has 0 saturated carbocycles. The maximum atomic E-state index is 2.33. The van der Waals surface area contributed by atoms with Gasteiger partial charge in [0.1, 0.15) is 23.2 Å². The third kappa shape index (κ3) is 4.18. The monoisotopic (exact) mass is 530 g/mol. The Bertz CT molecular complexity index is 1110. The van der Waals surface area contributed by atoms with Crippen LogP contribution in [0.15, 0.2) is 133 Å². The normalized spacial score (nSPS) is 11.1. The van der Waals surface area contributed by atoms with Gasteiger partial charge >= 0.3 is 0 Å². The molecule has 2 heteroatoms. The zero-order valence-corrected chi connectivity index (χ0v) is 20.3. The van der Waals surface area contributed by atoms with E-state index in [1.165, 1.54) is 32.6 Å². The van der Waals surface area contributed by atoms with Gasteiger partial charge in [0.05, 0.1) is 6.16 Å². The lowest BCUT2D eigenvalue weighted by Gasteiger charge is -2.28. The van der Waals surface area contributed by atoms with Gasteiger partial charge in [-0.25, -0.2) is 0 Å². The van der Waals surface area contributed by atoms with Crippen LogP contribution in [0.1, 0.15) is 5.56 Å². The molecule has 3 aromatic rings. The summed E-state index contributed by atoms with van der Waals surface area (Å²) in [6.45, 7) is 0. The number of rotatable bonds is 5. The lowest BCUT2D eigenvalue weighted by atomic mass is 10.1. The fourth-order valence-electron chi connectivity index (χ4n) is 4.44. The molecule has 0 unspecified atom stereocenters. The van der Waals surface area contributed by atoms with E-state index in [-0.39, 0.29) is 24.0 Å². The molecule has 152 valence electrons. The van der Waals surface area contributed by atoms with Crippen LogP contribution in [-0.2, 0) is 6.16 Å². The molecule has 2 aliphatic rings. The molecule has 0 radical (unpaired) electrons. The first-order valence-electron chi connectivity index (χ1n) is 10.4. The highest BCUT2D eigenvalue weighted by Gasteiger charge is 2.45. The lowest BCUT2D eigenvalue weighted by Crippen LogP contribution is -3.00. The van der Waals surface area contributed by atoms with Gasteiger partial charge in [-0.3, -0.25) is 0 Å². The van der Waals surface area contributed by atoms with Crippen LogP contribution in [0.4, 0.5) is 0 Å². The Hall–Kier alpha value is -2.48. The molecule has 0 spiro atoms. The van der Waals surface area contributed by atoms with Crippen LogP contribution in [0.5, 0.6) is 0 Å². The Balaban J connectivity index is 0.00000231. The third-order valence-electron chi connectivity index (χ3n) is 5.88. The topological polar surface area (TPSA) is 0 Å². The SMILES string of the molecule is [I-].c1ccc([P+](Cc2ccc3cccccc2-3)(c2ccccc2)c2ccccc2)cc1. The molecule has 0 atom stereocenters. The molecule has 0 amide bonds. The van der Waals surface area contributed by atoms with Gasteiger partial charge in [-0.15, -0.1) is 0 Å². The van der Waals surface area contributed by atoms with Crippen molar-refractivity contribution in [1.29, 1.82) is 0 Å². The maximum Gasteiger partial charge on any atom is 0.116 e. The minimum Gasteiger partial charge on any atom is -1.00 e. The molecule has 0 bridgehead atoms. The van der Waals surface area contributed by atoms with Crippen LogP contribution in [0.25, 0.3) is 11.1 Å². The summed E-state index contributed by atoms with van der Waals surface area (Å²) in [6, 6.07) is 48.8. The Kier molecular flexibility index (Phi) is 6.85. The minimum atomic E-state index is -1.87. The second-order valence-electron chi connectivity index (χ2n) is 7.61. The van der Waals surface area contributed by atoms with Crippen molar-refractivity contribution in [2.75, 3.05) is 0 Å². The zero-order chi connectivity index (χ0) is 20.2. The highest BCUT2D eigenvalue weighted by molar-refractivity contribution is 7.95. The highest BCUT2D eigenvalue weighted by atomic mass is 127. The quantitative estimate of drug-likeness (QED) is 0.242. The number of halogens is 1. The first-order valence-corrected chi connectivity index (χ1v) is 12.4. The van der Waals surface area contributed by atoms with Crippen molar-refractivity contribution in [1.82, 2.24) is 0 Å². The summed E-state index contributed by atoms with van der Waals surface area (Å²) in [7, 11) is -1.87. The van der Waals surface area contributed by atoms with Gasteiger partial charge in [-0.1, -0.05) is 97.1 Å². The highest BCUT2D eigenvalue weighted by Crippen LogP contribution is 2.59. The van der Waals surface area contributed by atoms with Crippen molar-refractivity contribution in [2.45, 2.75) is 6.16 Å². The third-order valence-corrected chi connectivity index (χ3v) is 10.2. The van der Waals surface area contributed by atoms with Gasteiger partial charge in [0, 0.05) is 0 Å². The smallest absolute Gasteiger partial charge is 0.116 e. The van der Waals surface area contributed by atoms with Gasteiger partial charge < -0.3 is 24.0 Å². The van der Waals surface area contributed by atoms with Crippen molar-refractivity contribution >= 4 is 23.2 Å². The van der Waals surface area contributed by atoms with Gasteiger partial charge in [-0.2, -0.15) is 0 Å².